The van der Waals surface area contributed by atoms with E-state index >= 15 is 0 Å². The number of aromatic nitrogens is 2. The predicted molar refractivity (Wildman–Crippen MR) is 189 cm³/mol. The van der Waals surface area contributed by atoms with Crippen molar-refractivity contribution in [2.45, 2.75) is 50.4 Å². The largest absolute Gasteiger partial charge is 0.452 e. The van der Waals surface area contributed by atoms with E-state index in [1.165, 1.54) is 16.7 Å². The van der Waals surface area contributed by atoms with Crippen LogP contribution in [-0.4, -0.2) is 57.7 Å². The second-order valence-electron chi connectivity index (χ2n) is 13.0. The number of nitrogens with one attached hydrogen (secondary N) is 1. The first kappa shape index (κ1) is 34.7. The molecular formula is C40H36ClF3N4O3. The number of amides is 1. The van der Waals surface area contributed by atoms with E-state index in [4.69, 9.17) is 21.0 Å². The van der Waals surface area contributed by atoms with Gasteiger partial charge in [0.15, 0.2) is 5.69 Å². The molecule has 3 aromatic carbocycles. The number of benzene rings is 3. The van der Waals surface area contributed by atoms with E-state index in [9.17, 15) is 23.1 Å². The first-order valence-electron chi connectivity index (χ1n) is 17.0. The number of likely N-dealkylation sites (tertiary alicyclic amines) is 1. The molecule has 3 heterocycles. The van der Waals surface area contributed by atoms with Crippen molar-refractivity contribution < 1.29 is 27.5 Å². The Morgan fingerprint density at radius 2 is 1.63 bits per heavy atom. The molecule has 51 heavy (non-hydrogen) atoms. The molecule has 2 atom stereocenters. The van der Waals surface area contributed by atoms with E-state index in [-0.39, 0.29) is 18.9 Å². The monoisotopic (exact) mass is 712 g/mol. The average molecular weight is 713 g/mol. The van der Waals surface area contributed by atoms with Crippen LogP contribution >= 0.6 is 11.6 Å². The summed E-state index contributed by atoms with van der Waals surface area (Å²) in [6.07, 6.45) is -0.813. The number of hydrogen-bond acceptors (Lipinski definition) is 6. The maximum Gasteiger partial charge on any atom is 0.452 e. The molecule has 2 aromatic heterocycles. The zero-order valence-electron chi connectivity index (χ0n) is 27.7. The lowest BCUT2D eigenvalue weighted by molar-refractivity contribution is -0.153. The molecule has 262 valence electrons. The number of aliphatic hydroxyl groups is 1. The highest BCUT2D eigenvalue weighted by molar-refractivity contribution is 6.30. The Hall–Kier alpha value is -4.77. The van der Waals surface area contributed by atoms with E-state index in [2.05, 4.69) is 27.3 Å². The molecule has 2 aliphatic rings. The highest BCUT2D eigenvalue weighted by Crippen LogP contribution is 2.39. The number of halogens is 4. The van der Waals surface area contributed by atoms with E-state index in [1.54, 1.807) is 30.3 Å². The van der Waals surface area contributed by atoms with Gasteiger partial charge < -0.3 is 19.7 Å². The van der Waals surface area contributed by atoms with Gasteiger partial charge in [-0.05, 0) is 84.7 Å². The summed E-state index contributed by atoms with van der Waals surface area (Å²) in [4.78, 5) is 24.5. The van der Waals surface area contributed by atoms with Gasteiger partial charge in [-0.15, -0.1) is 0 Å². The van der Waals surface area contributed by atoms with Gasteiger partial charge in [-0.2, -0.15) is 13.2 Å². The molecule has 0 spiro atoms. The van der Waals surface area contributed by atoms with Crippen LogP contribution in [0.25, 0.3) is 17.0 Å². The molecule has 7 rings (SSSR count). The van der Waals surface area contributed by atoms with Crippen molar-refractivity contribution in [3.05, 3.63) is 147 Å². The Labute approximate surface area is 298 Å². The van der Waals surface area contributed by atoms with Crippen LogP contribution in [0.5, 0.6) is 0 Å². The number of alkyl halides is 3. The number of carbonyl (C=O) groups excluding carboxylic acids is 1. The number of rotatable bonds is 8. The number of aliphatic hydroxyl groups excluding tert-OH is 1. The van der Waals surface area contributed by atoms with Gasteiger partial charge in [0, 0.05) is 42.0 Å². The molecule has 0 radical (unpaired) electrons. The van der Waals surface area contributed by atoms with Crippen molar-refractivity contribution >= 4 is 23.1 Å². The fraction of sp³-hybridized carbons (Fsp3) is 0.275. The summed E-state index contributed by atoms with van der Waals surface area (Å²) in [6.45, 7) is 1.51. The van der Waals surface area contributed by atoms with Crippen LogP contribution in [0.3, 0.4) is 0 Å². The third kappa shape index (κ3) is 7.78. The van der Waals surface area contributed by atoms with Crippen molar-refractivity contribution in [3.63, 3.8) is 0 Å². The SMILES string of the molecule is O=C(N[C@@H](Cc1ccccc1)[C@H](O)CN1CCC(=C2c3ccc(Cl)cc3CCc3cccnc32)CC1)c1nc(-c2ccccc2)oc1C(F)(F)F. The quantitative estimate of drug-likeness (QED) is 0.171. The molecule has 0 bridgehead atoms. The molecule has 0 unspecified atom stereocenters. The molecule has 1 fully saturated rings. The van der Waals surface area contributed by atoms with Gasteiger partial charge in [0.2, 0.25) is 11.7 Å². The Morgan fingerprint density at radius 3 is 2.35 bits per heavy atom. The third-order valence-electron chi connectivity index (χ3n) is 9.59. The summed E-state index contributed by atoms with van der Waals surface area (Å²) < 4.78 is 47.3. The van der Waals surface area contributed by atoms with Crippen molar-refractivity contribution in [1.82, 2.24) is 20.2 Å². The summed E-state index contributed by atoms with van der Waals surface area (Å²) in [5.41, 5.74) is 7.19. The summed E-state index contributed by atoms with van der Waals surface area (Å²) in [5, 5.41) is 15.0. The maximum atomic E-state index is 14.1. The molecule has 1 aliphatic carbocycles. The number of hydrogen-bond donors (Lipinski definition) is 2. The van der Waals surface area contributed by atoms with Gasteiger partial charge in [0.1, 0.15) is 0 Å². The van der Waals surface area contributed by atoms with Crippen molar-refractivity contribution in [1.29, 1.82) is 0 Å². The number of β-amino-alcohol motifs (C(OH)–C–C–N with tert-alkyl or cyclic N) is 1. The van der Waals surface area contributed by atoms with Crippen LogP contribution < -0.4 is 5.32 Å². The van der Waals surface area contributed by atoms with E-state index in [0.717, 1.165) is 48.1 Å². The normalized spacial score (nSPS) is 16.2. The number of piperidine rings is 1. The molecule has 5 aromatic rings. The highest BCUT2D eigenvalue weighted by Gasteiger charge is 2.42. The van der Waals surface area contributed by atoms with Gasteiger partial charge in [-0.1, -0.05) is 77.8 Å². The van der Waals surface area contributed by atoms with Gasteiger partial charge in [0.25, 0.3) is 5.91 Å². The summed E-state index contributed by atoms with van der Waals surface area (Å²) in [5.74, 6) is -2.87. The molecular weight excluding hydrogens is 677 g/mol. The minimum Gasteiger partial charge on any atom is -0.431 e. The number of nitrogens with zero attached hydrogens (tertiary/aromatic N) is 3. The molecule has 1 amide bonds. The summed E-state index contributed by atoms with van der Waals surface area (Å²) in [6, 6.07) is 26.5. The van der Waals surface area contributed by atoms with Crippen LogP contribution in [0.2, 0.25) is 5.02 Å². The van der Waals surface area contributed by atoms with E-state index in [1.807, 2.05) is 54.7 Å². The molecule has 1 aliphatic heterocycles. The Kier molecular flexibility index (Phi) is 10.1. The van der Waals surface area contributed by atoms with E-state index < -0.39 is 35.7 Å². The van der Waals surface area contributed by atoms with Gasteiger partial charge in [0.05, 0.1) is 17.8 Å². The standard InChI is InChI=1S/C40H36ClF3N4O3/c41-30-15-16-31-29(23-30)14-13-27-12-7-19-45-35(27)34(31)26-17-20-48(21-18-26)24-33(49)32(22-25-8-3-1-4-9-25)46-38(50)36-37(40(42,43)44)51-39(47-36)28-10-5-2-6-11-28/h1-12,15-16,19,23,32-33,49H,13-14,17-18,20-22,24H2,(H,46,50)/t32-,33+/m0/s1. The molecule has 0 saturated carbocycles. The molecule has 1 saturated heterocycles. The van der Waals surface area contributed by atoms with Crippen LogP contribution in [0.15, 0.2) is 107 Å². The number of pyridine rings is 1. The Morgan fingerprint density at radius 1 is 0.922 bits per heavy atom. The number of oxazole rings is 1. The highest BCUT2D eigenvalue weighted by atomic mass is 35.5. The number of carbonyl (C=O) groups is 1. The third-order valence-corrected chi connectivity index (χ3v) is 9.82. The minimum absolute atomic E-state index is 0.198. The van der Waals surface area contributed by atoms with Crippen LogP contribution in [-0.2, 0) is 25.4 Å². The smallest absolute Gasteiger partial charge is 0.431 e. The molecule has 11 heteroatoms. The first-order valence-corrected chi connectivity index (χ1v) is 17.4. The Bertz CT molecular complexity index is 2040. The Balaban J connectivity index is 1.11. The fourth-order valence-electron chi connectivity index (χ4n) is 7.04. The fourth-order valence-corrected chi connectivity index (χ4v) is 7.23. The van der Waals surface area contributed by atoms with Crippen LogP contribution in [0.4, 0.5) is 13.2 Å². The first-order chi connectivity index (χ1) is 24.6. The lowest BCUT2D eigenvalue weighted by Gasteiger charge is -2.34. The zero-order valence-corrected chi connectivity index (χ0v) is 28.4. The number of aryl methyl sites for hydroxylation is 2. The lowest BCUT2D eigenvalue weighted by atomic mass is 9.88. The number of fused-ring (bicyclic) bond motifs is 2. The summed E-state index contributed by atoms with van der Waals surface area (Å²) >= 11 is 6.39. The van der Waals surface area contributed by atoms with Gasteiger partial charge in [-0.25, -0.2) is 4.98 Å². The van der Waals surface area contributed by atoms with Crippen LogP contribution in [0.1, 0.15) is 57.0 Å². The second-order valence-corrected chi connectivity index (χ2v) is 13.4. The topological polar surface area (TPSA) is 91.5 Å². The summed E-state index contributed by atoms with van der Waals surface area (Å²) in [7, 11) is 0. The predicted octanol–water partition coefficient (Wildman–Crippen LogP) is 7.81. The van der Waals surface area contributed by atoms with Gasteiger partial charge in [-0.3, -0.25) is 9.78 Å². The lowest BCUT2D eigenvalue weighted by Crippen LogP contribution is -2.50. The maximum absolute atomic E-state index is 14.1. The average Bonchev–Trinajstić information content (AvgIpc) is 3.54. The molecule has 2 N–H and O–H groups in total. The van der Waals surface area contributed by atoms with Crippen molar-refractivity contribution in [2.75, 3.05) is 19.6 Å². The molecule has 7 nitrogen and oxygen atoms in total. The van der Waals surface area contributed by atoms with Crippen molar-refractivity contribution in [3.8, 4) is 11.5 Å². The second kappa shape index (κ2) is 14.8. The van der Waals surface area contributed by atoms with Crippen LogP contribution in [0, 0.1) is 0 Å². The van der Waals surface area contributed by atoms with E-state index in [0.29, 0.717) is 23.7 Å². The van der Waals surface area contributed by atoms with Crippen molar-refractivity contribution in [2.24, 2.45) is 0 Å². The van der Waals surface area contributed by atoms with Gasteiger partial charge >= 0.3 is 6.18 Å². The minimum atomic E-state index is -4.96. The zero-order chi connectivity index (χ0) is 35.5.